The zero-order valence-electron chi connectivity index (χ0n) is 14.3. The number of amides is 1. The molecule has 0 radical (unpaired) electrons. The topological polar surface area (TPSA) is 35.6 Å². The maximum absolute atomic E-state index is 12.7. The van der Waals surface area contributed by atoms with Crippen LogP contribution in [-0.2, 0) is 11.3 Å². The van der Waals surface area contributed by atoms with E-state index in [0.29, 0.717) is 18.2 Å². The molecule has 1 aliphatic rings. The van der Waals surface area contributed by atoms with Crippen molar-refractivity contribution in [3.63, 3.8) is 0 Å². The number of hydrogen-bond acceptors (Lipinski definition) is 3. The molecule has 0 bridgehead atoms. The number of nitrogens with zero attached hydrogens (tertiary/aromatic N) is 2. The minimum absolute atomic E-state index is 0. The van der Waals surface area contributed by atoms with Gasteiger partial charge in [0.25, 0.3) is 0 Å². The zero-order chi connectivity index (χ0) is 15.8. The first kappa shape index (κ1) is 19.9. The predicted molar refractivity (Wildman–Crippen MR) is 97.9 cm³/mol. The predicted octanol–water partition coefficient (Wildman–Crippen LogP) is 2.39. The summed E-state index contributed by atoms with van der Waals surface area (Å²) in [4.78, 5) is 16.9. The molecule has 0 unspecified atom stereocenters. The van der Waals surface area contributed by atoms with Gasteiger partial charge in [-0.1, -0.05) is 30.3 Å². The summed E-state index contributed by atoms with van der Waals surface area (Å²) in [7, 11) is 4.11. The summed E-state index contributed by atoms with van der Waals surface area (Å²) in [5.74, 6) is 0.851. The second-order valence-corrected chi connectivity index (χ2v) is 6.50. The van der Waals surface area contributed by atoms with Crippen molar-refractivity contribution in [1.82, 2.24) is 15.1 Å². The van der Waals surface area contributed by atoms with Crippen molar-refractivity contribution >= 4 is 18.3 Å². The lowest BCUT2D eigenvalue weighted by molar-refractivity contribution is -0.133. The second kappa shape index (κ2) is 10.6. The standard InChI is InChI=1S/C18H29N3O.ClH/c1-20(2)12-13-21(15-17-6-4-3-5-7-17)18(22)14-16-8-10-19-11-9-16;/h3-7,16,19H,8-15H2,1-2H3;1H. The lowest BCUT2D eigenvalue weighted by atomic mass is 9.94. The van der Waals surface area contributed by atoms with E-state index >= 15 is 0 Å². The SMILES string of the molecule is CN(C)CCN(Cc1ccccc1)C(=O)CC1CCNCC1.Cl. The molecule has 1 aromatic rings. The van der Waals surface area contributed by atoms with Crippen LogP contribution in [0.2, 0.25) is 0 Å². The quantitative estimate of drug-likeness (QED) is 0.828. The monoisotopic (exact) mass is 339 g/mol. The fraction of sp³-hybridized carbons (Fsp3) is 0.611. The van der Waals surface area contributed by atoms with Gasteiger partial charge in [-0.15, -0.1) is 12.4 Å². The Morgan fingerprint density at radius 1 is 1.13 bits per heavy atom. The van der Waals surface area contributed by atoms with Gasteiger partial charge in [0, 0.05) is 26.1 Å². The van der Waals surface area contributed by atoms with E-state index in [1.165, 1.54) is 5.56 Å². The van der Waals surface area contributed by atoms with Crippen LogP contribution < -0.4 is 5.32 Å². The number of hydrogen-bond donors (Lipinski definition) is 1. The highest BCUT2D eigenvalue weighted by Crippen LogP contribution is 2.18. The Bertz CT molecular complexity index is 447. The Morgan fingerprint density at radius 2 is 1.78 bits per heavy atom. The molecule has 1 heterocycles. The van der Waals surface area contributed by atoms with Crippen LogP contribution in [0, 0.1) is 5.92 Å². The van der Waals surface area contributed by atoms with Crippen LogP contribution in [0.3, 0.4) is 0 Å². The van der Waals surface area contributed by atoms with Crippen LogP contribution in [0.4, 0.5) is 0 Å². The molecule has 0 saturated carbocycles. The molecular weight excluding hydrogens is 310 g/mol. The number of carbonyl (C=O) groups is 1. The van der Waals surface area contributed by atoms with E-state index in [0.717, 1.165) is 45.6 Å². The molecule has 1 saturated heterocycles. The van der Waals surface area contributed by atoms with Crippen molar-refractivity contribution in [3.8, 4) is 0 Å². The lowest BCUT2D eigenvalue weighted by Crippen LogP contribution is -2.38. The van der Waals surface area contributed by atoms with Crippen molar-refractivity contribution in [3.05, 3.63) is 35.9 Å². The normalized spacial score (nSPS) is 15.3. The average Bonchev–Trinajstić information content (AvgIpc) is 2.53. The minimum atomic E-state index is 0. The molecule has 1 amide bonds. The fourth-order valence-electron chi connectivity index (χ4n) is 2.88. The molecule has 1 fully saturated rings. The molecule has 2 rings (SSSR count). The number of carbonyl (C=O) groups excluding carboxylic acids is 1. The van der Waals surface area contributed by atoms with Crippen LogP contribution in [-0.4, -0.2) is 56.0 Å². The summed E-state index contributed by atoms with van der Waals surface area (Å²) >= 11 is 0. The van der Waals surface area contributed by atoms with Crippen LogP contribution in [0.25, 0.3) is 0 Å². The Kier molecular flexibility index (Phi) is 9.22. The Hall–Kier alpha value is -1.10. The van der Waals surface area contributed by atoms with Gasteiger partial charge in [-0.05, 0) is 51.5 Å². The molecule has 130 valence electrons. The third-order valence-corrected chi connectivity index (χ3v) is 4.31. The van der Waals surface area contributed by atoms with Crippen molar-refractivity contribution in [2.75, 3.05) is 40.3 Å². The highest BCUT2D eigenvalue weighted by Gasteiger charge is 2.21. The number of likely N-dealkylation sites (N-methyl/N-ethyl adjacent to an activating group) is 1. The number of nitrogens with one attached hydrogen (secondary N) is 1. The third-order valence-electron chi connectivity index (χ3n) is 4.31. The van der Waals surface area contributed by atoms with Crippen LogP contribution in [0.15, 0.2) is 30.3 Å². The van der Waals surface area contributed by atoms with Gasteiger partial charge in [-0.2, -0.15) is 0 Å². The largest absolute Gasteiger partial charge is 0.337 e. The average molecular weight is 340 g/mol. The first-order valence-corrected chi connectivity index (χ1v) is 8.32. The molecule has 5 heteroatoms. The number of benzene rings is 1. The van der Waals surface area contributed by atoms with Crippen LogP contribution in [0.1, 0.15) is 24.8 Å². The summed E-state index contributed by atoms with van der Waals surface area (Å²) in [6, 6.07) is 10.3. The van der Waals surface area contributed by atoms with Crippen LogP contribution in [0.5, 0.6) is 0 Å². The van der Waals surface area contributed by atoms with Gasteiger partial charge >= 0.3 is 0 Å². The summed E-state index contributed by atoms with van der Waals surface area (Å²) in [6.45, 7) is 4.53. The van der Waals surface area contributed by atoms with Gasteiger partial charge in [0.05, 0.1) is 0 Å². The molecule has 0 atom stereocenters. The highest BCUT2D eigenvalue weighted by atomic mass is 35.5. The van der Waals surface area contributed by atoms with E-state index in [4.69, 9.17) is 0 Å². The van der Waals surface area contributed by atoms with Crippen molar-refractivity contribution in [2.45, 2.75) is 25.8 Å². The minimum Gasteiger partial charge on any atom is -0.337 e. The molecule has 0 spiro atoms. The molecule has 0 aliphatic carbocycles. The molecular formula is C18H30ClN3O. The van der Waals surface area contributed by atoms with E-state index in [-0.39, 0.29) is 12.4 Å². The van der Waals surface area contributed by atoms with Crippen molar-refractivity contribution < 1.29 is 4.79 Å². The maximum atomic E-state index is 12.7. The number of halogens is 1. The molecule has 1 N–H and O–H groups in total. The smallest absolute Gasteiger partial charge is 0.223 e. The summed E-state index contributed by atoms with van der Waals surface area (Å²) in [5.41, 5.74) is 1.21. The first-order valence-electron chi connectivity index (χ1n) is 8.32. The zero-order valence-corrected chi connectivity index (χ0v) is 15.1. The Balaban J connectivity index is 0.00000264. The van der Waals surface area contributed by atoms with Gasteiger partial charge in [-0.25, -0.2) is 0 Å². The lowest BCUT2D eigenvalue weighted by Gasteiger charge is -2.28. The first-order chi connectivity index (χ1) is 10.6. The Morgan fingerprint density at radius 3 is 2.39 bits per heavy atom. The van der Waals surface area contributed by atoms with Gasteiger partial charge in [0.15, 0.2) is 0 Å². The summed E-state index contributed by atoms with van der Waals surface area (Å²) < 4.78 is 0. The van der Waals surface area contributed by atoms with Gasteiger partial charge < -0.3 is 15.1 Å². The van der Waals surface area contributed by atoms with Crippen molar-refractivity contribution in [2.24, 2.45) is 5.92 Å². The molecule has 1 aromatic carbocycles. The summed E-state index contributed by atoms with van der Waals surface area (Å²) in [5, 5.41) is 3.37. The molecule has 0 aromatic heterocycles. The van der Waals surface area contributed by atoms with E-state index in [1.54, 1.807) is 0 Å². The van der Waals surface area contributed by atoms with E-state index in [1.807, 2.05) is 23.1 Å². The Labute approximate surface area is 146 Å². The maximum Gasteiger partial charge on any atom is 0.223 e. The highest BCUT2D eigenvalue weighted by molar-refractivity contribution is 5.85. The van der Waals surface area contributed by atoms with E-state index in [9.17, 15) is 4.79 Å². The molecule has 23 heavy (non-hydrogen) atoms. The van der Waals surface area contributed by atoms with E-state index in [2.05, 4.69) is 36.4 Å². The number of rotatable bonds is 7. The number of piperidine rings is 1. The van der Waals surface area contributed by atoms with Gasteiger partial charge in [0.2, 0.25) is 5.91 Å². The van der Waals surface area contributed by atoms with Gasteiger partial charge in [-0.3, -0.25) is 4.79 Å². The fourth-order valence-corrected chi connectivity index (χ4v) is 2.88. The van der Waals surface area contributed by atoms with E-state index < -0.39 is 0 Å². The summed E-state index contributed by atoms with van der Waals surface area (Å²) in [6.07, 6.45) is 2.94. The van der Waals surface area contributed by atoms with Gasteiger partial charge in [0.1, 0.15) is 0 Å². The van der Waals surface area contributed by atoms with Crippen molar-refractivity contribution in [1.29, 1.82) is 0 Å². The second-order valence-electron chi connectivity index (χ2n) is 6.50. The van der Waals surface area contributed by atoms with Crippen LogP contribution >= 0.6 is 12.4 Å². The third kappa shape index (κ3) is 7.34. The molecule has 4 nitrogen and oxygen atoms in total. The molecule has 1 aliphatic heterocycles.